The first-order valence-electron chi connectivity index (χ1n) is 6.91. The van der Waals surface area contributed by atoms with E-state index < -0.39 is 5.76 Å². The van der Waals surface area contributed by atoms with E-state index in [9.17, 15) is 9.59 Å². The summed E-state index contributed by atoms with van der Waals surface area (Å²) >= 11 is 5.87. The van der Waals surface area contributed by atoms with E-state index >= 15 is 0 Å². The van der Waals surface area contributed by atoms with Gasteiger partial charge in [-0.15, -0.1) is 0 Å². The molecule has 2 rings (SSSR count). The molecule has 0 N–H and O–H groups in total. The summed E-state index contributed by atoms with van der Waals surface area (Å²) in [6.07, 6.45) is 0. The van der Waals surface area contributed by atoms with Crippen molar-refractivity contribution in [3.8, 4) is 0 Å². The van der Waals surface area contributed by atoms with Crippen molar-refractivity contribution in [3.05, 3.63) is 33.8 Å². The Balaban J connectivity index is 2.37. The monoisotopic (exact) mass is 310 g/mol. The number of rotatable bonds is 4. The summed E-state index contributed by atoms with van der Waals surface area (Å²) in [5.41, 5.74) is 0.964. The second-order valence-corrected chi connectivity index (χ2v) is 5.99. The van der Waals surface area contributed by atoms with Crippen LogP contribution >= 0.6 is 11.6 Å². The molecule has 0 aliphatic carbocycles. The van der Waals surface area contributed by atoms with E-state index in [1.165, 1.54) is 4.57 Å². The summed E-state index contributed by atoms with van der Waals surface area (Å²) in [4.78, 5) is 26.1. The van der Waals surface area contributed by atoms with Gasteiger partial charge in [-0.3, -0.25) is 9.36 Å². The fourth-order valence-corrected chi connectivity index (χ4v) is 2.74. The number of aromatic nitrogens is 1. The van der Waals surface area contributed by atoms with Gasteiger partial charge in [0.2, 0.25) is 5.91 Å². The van der Waals surface area contributed by atoms with Crippen LogP contribution < -0.4 is 5.76 Å². The maximum Gasteiger partial charge on any atom is 0.420 e. The Hall–Kier alpha value is -1.75. The number of halogens is 1. The Bertz CT molecular complexity index is 707. The Kier molecular flexibility index (Phi) is 4.42. The van der Waals surface area contributed by atoms with Crippen LogP contribution in [-0.2, 0) is 11.3 Å². The van der Waals surface area contributed by atoms with Gasteiger partial charge in [0.15, 0.2) is 5.58 Å². The second-order valence-electron chi connectivity index (χ2n) is 5.55. The fraction of sp³-hybridized carbons (Fsp3) is 0.467. The fourth-order valence-electron chi connectivity index (χ4n) is 2.58. The molecule has 0 unspecified atom stereocenters. The average molecular weight is 311 g/mol. The maximum absolute atomic E-state index is 12.5. The molecule has 114 valence electrons. The lowest BCUT2D eigenvalue weighted by molar-refractivity contribution is -0.135. The van der Waals surface area contributed by atoms with Crippen LogP contribution in [0.4, 0.5) is 0 Å². The summed E-state index contributed by atoms with van der Waals surface area (Å²) in [7, 11) is 0. The quantitative estimate of drug-likeness (QED) is 0.872. The van der Waals surface area contributed by atoms with E-state index in [1.807, 2.05) is 27.7 Å². The lowest BCUT2D eigenvalue weighted by Gasteiger charge is -2.30. The van der Waals surface area contributed by atoms with Crippen molar-refractivity contribution in [1.82, 2.24) is 9.47 Å². The van der Waals surface area contributed by atoms with E-state index in [0.717, 1.165) is 0 Å². The number of carbonyl (C=O) groups excluding carboxylic acids is 1. The lowest BCUT2D eigenvalue weighted by atomic mass is 10.2. The minimum atomic E-state index is -0.548. The number of amides is 1. The van der Waals surface area contributed by atoms with Crippen molar-refractivity contribution in [2.75, 3.05) is 0 Å². The first-order valence-corrected chi connectivity index (χ1v) is 7.29. The van der Waals surface area contributed by atoms with Crippen LogP contribution in [0, 0.1) is 0 Å². The molecule has 0 aliphatic rings. The van der Waals surface area contributed by atoms with Crippen LogP contribution in [0.15, 0.2) is 27.4 Å². The molecule has 0 spiro atoms. The number of nitrogens with zero attached hydrogens (tertiary/aromatic N) is 2. The molecule has 0 saturated heterocycles. The third-order valence-electron chi connectivity index (χ3n) is 3.32. The number of benzene rings is 1. The lowest BCUT2D eigenvalue weighted by Crippen LogP contribution is -2.44. The Morgan fingerprint density at radius 3 is 2.48 bits per heavy atom. The normalized spacial score (nSPS) is 11.6. The van der Waals surface area contributed by atoms with Crippen molar-refractivity contribution in [2.24, 2.45) is 0 Å². The van der Waals surface area contributed by atoms with E-state index in [2.05, 4.69) is 0 Å². The molecule has 1 heterocycles. The highest BCUT2D eigenvalue weighted by Crippen LogP contribution is 2.18. The van der Waals surface area contributed by atoms with Gasteiger partial charge in [-0.2, -0.15) is 0 Å². The summed E-state index contributed by atoms with van der Waals surface area (Å²) in [5.74, 6) is -0.659. The summed E-state index contributed by atoms with van der Waals surface area (Å²) in [6.45, 7) is 7.77. The van der Waals surface area contributed by atoms with Gasteiger partial charge in [0, 0.05) is 23.2 Å². The zero-order chi connectivity index (χ0) is 15.7. The number of hydrogen-bond donors (Lipinski definition) is 0. The van der Waals surface area contributed by atoms with Gasteiger partial charge in [0.25, 0.3) is 0 Å². The molecular weight excluding hydrogens is 292 g/mol. The predicted octanol–water partition coefficient (Wildman–Crippen LogP) is 2.89. The SMILES string of the molecule is CC(C)N(C(=O)Cn1c(=O)oc2cc(Cl)ccc21)C(C)C. The van der Waals surface area contributed by atoms with E-state index in [1.54, 1.807) is 23.1 Å². The zero-order valence-electron chi connectivity index (χ0n) is 12.6. The largest absolute Gasteiger partial charge is 0.420 e. The molecule has 1 amide bonds. The third-order valence-corrected chi connectivity index (χ3v) is 3.56. The number of carbonyl (C=O) groups is 1. The van der Waals surface area contributed by atoms with E-state index in [4.69, 9.17) is 16.0 Å². The molecule has 0 fully saturated rings. The zero-order valence-corrected chi connectivity index (χ0v) is 13.3. The van der Waals surface area contributed by atoms with Gasteiger partial charge in [0.05, 0.1) is 5.52 Å². The van der Waals surface area contributed by atoms with E-state index in [-0.39, 0.29) is 24.5 Å². The van der Waals surface area contributed by atoms with Crippen molar-refractivity contribution in [2.45, 2.75) is 46.3 Å². The molecular formula is C15H19ClN2O3. The molecule has 1 aromatic heterocycles. The topological polar surface area (TPSA) is 55.5 Å². The molecule has 0 atom stereocenters. The highest BCUT2D eigenvalue weighted by molar-refractivity contribution is 6.31. The predicted molar refractivity (Wildman–Crippen MR) is 82.6 cm³/mol. The van der Waals surface area contributed by atoms with Crippen molar-refractivity contribution >= 4 is 28.6 Å². The molecule has 1 aromatic carbocycles. The van der Waals surface area contributed by atoms with Gasteiger partial charge < -0.3 is 9.32 Å². The number of hydrogen-bond acceptors (Lipinski definition) is 3. The van der Waals surface area contributed by atoms with Gasteiger partial charge in [-0.25, -0.2) is 4.79 Å². The van der Waals surface area contributed by atoms with Crippen LogP contribution in [0.1, 0.15) is 27.7 Å². The van der Waals surface area contributed by atoms with Crippen LogP contribution in [0.25, 0.3) is 11.1 Å². The molecule has 21 heavy (non-hydrogen) atoms. The average Bonchev–Trinajstić information content (AvgIpc) is 2.64. The molecule has 0 saturated carbocycles. The minimum Gasteiger partial charge on any atom is -0.408 e. The van der Waals surface area contributed by atoms with Crippen LogP contribution in [0.2, 0.25) is 5.02 Å². The van der Waals surface area contributed by atoms with Gasteiger partial charge >= 0.3 is 5.76 Å². The minimum absolute atomic E-state index is 0.0379. The second kappa shape index (κ2) is 5.93. The Morgan fingerprint density at radius 1 is 1.29 bits per heavy atom. The number of fused-ring (bicyclic) bond motifs is 1. The van der Waals surface area contributed by atoms with Gasteiger partial charge in [-0.1, -0.05) is 11.6 Å². The molecule has 0 aliphatic heterocycles. The molecule has 0 bridgehead atoms. The number of oxazole rings is 1. The van der Waals surface area contributed by atoms with Gasteiger partial charge in [0.1, 0.15) is 6.54 Å². The summed E-state index contributed by atoms with van der Waals surface area (Å²) in [5, 5.41) is 0.487. The van der Waals surface area contributed by atoms with Crippen LogP contribution in [-0.4, -0.2) is 27.5 Å². The van der Waals surface area contributed by atoms with E-state index in [0.29, 0.717) is 16.1 Å². The van der Waals surface area contributed by atoms with Crippen molar-refractivity contribution in [3.63, 3.8) is 0 Å². The van der Waals surface area contributed by atoms with Crippen LogP contribution in [0.3, 0.4) is 0 Å². The Morgan fingerprint density at radius 2 is 1.90 bits per heavy atom. The standard InChI is InChI=1S/C15H19ClN2O3/c1-9(2)18(10(3)4)14(19)8-17-12-6-5-11(16)7-13(12)21-15(17)20/h5-7,9-10H,8H2,1-4H3. The first kappa shape index (κ1) is 15.6. The molecule has 2 aromatic rings. The van der Waals surface area contributed by atoms with Crippen LogP contribution in [0.5, 0.6) is 0 Å². The molecule has 5 nitrogen and oxygen atoms in total. The first-order chi connectivity index (χ1) is 9.81. The molecule has 6 heteroatoms. The Labute approximate surface area is 128 Å². The van der Waals surface area contributed by atoms with Crippen molar-refractivity contribution in [1.29, 1.82) is 0 Å². The summed E-state index contributed by atoms with van der Waals surface area (Å²) in [6, 6.07) is 5.07. The highest BCUT2D eigenvalue weighted by Gasteiger charge is 2.22. The van der Waals surface area contributed by atoms with Crippen molar-refractivity contribution < 1.29 is 9.21 Å². The highest BCUT2D eigenvalue weighted by atomic mass is 35.5. The third kappa shape index (κ3) is 3.13. The summed E-state index contributed by atoms with van der Waals surface area (Å²) < 4.78 is 6.47. The smallest absolute Gasteiger partial charge is 0.408 e. The maximum atomic E-state index is 12.5. The van der Waals surface area contributed by atoms with Gasteiger partial charge in [-0.05, 0) is 39.8 Å². The molecule has 0 radical (unpaired) electrons.